The van der Waals surface area contributed by atoms with Crippen LogP contribution in [0.5, 0.6) is 0 Å². The van der Waals surface area contributed by atoms with Crippen LogP contribution in [0.4, 0.5) is 0 Å². The van der Waals surface area contributed by atoms with Gasteiger partial charge in [-0.1, -0.05) is 19.9 Å². The number of nitrogens with one attached hydrogen (secondary N) is 1. The molecule has 1 N–H and O–H groups in total. The van der Waals surface area contributed by atoms with Gasteiger partial charge in [-0.05, 0) is 43.1 Å². The predicted octanol–water partition coefficient (Wildman–Crippen LogP) is 2.69. The summed E-state index contributed by atoms with van der Waals surface area (Å²) in [6.07, 6.45) is 2.81. The van der Waals surface area contributed by atoms with Crippen LogP contribution in [0.3, 0.4) is 0 Å². The molecule has 116 valence electrons. The van der Waals surface area contributed by atoms with Crippen molar-refractivity contribution in [1.29, 1.82) is 0 Å². The molecule has 4 heteroatoms. The zero-order valence-electron chi connectivity index (χ0n) is 13.2. The number of aromatic nitrogens is 1. The Kier molecular flexibility index (Phi) is 4.39. The van der Waals surface area contributed by atoms with Gasteiger partial charge in [-0.3, -0.25) is 9.78 Å². The first-order valence-electron chi connectivity index (χ1n) is 8.01. The molecule has 3 rings (SSSR count). The number of benzene rings is 1. The lowest BCUT2D eigenvalue weighted by Crippen LogP contribution is -2.43. The van der Waals surface area contributed by atoms with Crippen LogP contribution in [-0.2, 0) is 0 Å². The molecule has 0 saturated carbocycles. The highest BCUT2D eigenvalue weighted by atomic mass is 16.2. The van der Waals surface area contributed by atoms with Crippen molar-refractivity contribution in [3.63, 3.8) is 0 Å². The second-order valence-electron chi connectivity index (χ2n) is 6.41. The molecule has 2 heterocycles. The molecule has 0 unspecified atom stereocenters. The van der Waals surface area contributed by atoms with Crippen molar-refractivity contribution >= 4 is 16.8 Å². The third-order valence-corrected chi connectivity index (χ3v) is 4.15. The van der Waals surface area contributed by atoms with Crippen LogP contribution in [0.2, 0.25) is 0 Å². The Morgan fingerprint density at radius 1 is 1.41 bits per heavy atom. The first-order chi connectivity index (χ1) is 10.6. The number of hydrogen-bond donors (Lipinski definition) is 1. The fourth-order valence-electron chi connectivity index (χ4n) is 3.07. The van der Waals surface area contributed by atoms with Crippen LogP contribution in [0.25, 0.3) is 10.9 Å². The van der Waals surface area contributed by atoms with E-state index in [4.69, 9.17) is 0 Å². The van der Waals surface area contributed by atoms with E-state index in [0.29, 0.717) is 12.0 Å². The number of amides is 1. The van der Waals surface area contributed by atoms with E-state index >= 15 is 0 Å². The summed E-state index contributed by atoms with van der Waals surface area (Å²) in [5.74, 6) is 0.597. The number of hydrogen-bond acceptors (Lipinski definition) is 3. The fraction of sp³-hybridized carbons (Fsp3) is 0.444. The molecule has 0 aliphatic carbocycles. The standard InChI is InChI=1S/C18H23N3O/c1-13(2)12-21(16-7-9-19-11-16)18(22)15-5-6-17-14(10-15)4-3-8-20-17/h3-6,8,10,13,16,19H,7,9,11-12H2,1-2H3/t16-/m0/s1. The van der Waals surface area contributed by atoms with E-state index in [2.05, 4.69) is 24.1 Å². The third kappa shape index (κ3) is 3.12. The van der Waals surface area contributed by atoms with Crippen LogP contribution >= 0.6 is 0 Å². The number of carbonyl (C=O) groups excluding carboxylic acids is 1. The van der Waals surface area contributed by atoms with Crippen molar-refractivity contribution in [2.45, 2.75) is 26.3 Å². The molecule has 1 aromatic carbocycles. The van der Waals surface area contributed by atoms with E-state index in [1.165, 1.54) is 0 Å². The lowest BCUT2D eigenvalue weighted by atomic mass is 10.1. The number of carbonyl (C=O) groups is 1. The Morgan fingerprint density at radius 2 is 2.27 bits per heavy atom. The number of pyridine rings is 1. The molecule has 1 aliphatic heterocycles. The second-order valence-corrected chi connectivity index (χ2v) is 6.41. The van der Waals surface area contributed by atoms with Gasteiger partial charge in [-0.2, -0.15) is 0 Å². The fourth-order valence-corrected chi connectivity index (χ4v) is 3.07. The van der Waals surface area contributed by atoms with Crippen molar-refractivity contribution in [3.05, 3.63) is 42.1 Å². The molecular weight excluding hydrogens is 274 g/mol. The Morgan fingerprint density at radius 3 is 3.00 bits per heavy atom. The quantitative estimate of drug-likeness (QED) is 0.943. The van der Waals surface area contributed by atoms with E-state index in [1.807, 2.05) is 35.2 Å². The SMILES string of the molecule is CC(C)CN(C(=O)c1ccc2ncccc2c1)[C@H]1CCNC1. The van der Waals surface area contributed by atoms with Gasteiger partial charge < -0.3 is 10.2 Å². The summed E-state index contributed by atoms with van der Waals surface area (Å²) in [7, 11) is 0. The molecule has 0 radical (unpaired) electrons. The highest BCUT2D eigenvalue weighted by molar-refractivity contribution is 5.98. The smallest absolute Gasteiger partial charge is 0.254 e. The Hall–Kier alpha value is -1.94. The summed E-state index contributed by atoms with van der Waals surface area (Å²) in [6, 6.07) is 10.0. The molecular formula is C18H23N3O. The maximum atomic E-state index is 13.0. The molecule has 4 nitrogen and oxygen atoms in total. The van der Waals surface area contributed by atoms with E-state index < -0.39 is 0 Å². The van der Waals surface area contributed by atoms with E-state index in [9.17, 15) is 4.79 Å². The summed E-state index contributed by atoms with van der Waals surface area (Å²) in [4.78, 5) is 19.4. The zero-order valence-corrected chi connectivity index (χ0v) is 13.2. The first kappa shape index (κ1) is 15.0. The maximum Gasteiger partial charge on any atom is 0.254 e. The molecule has 2 aromatic rings. The van der Waals surface area contributed by atoms with Crippen molar-refractivity contribution < 1.29 is 4.79 Å². The van der Waals surface area contributed by atoms with Gasteiger partial charge in [0.25, 0.3) is 5.91 Å². The topological polar surface area (TPSA) is 45.2 Å². The summed E-state index contributed by atoms with van der Waals surface area (Å²) >= 11 is 0. The Bertz CT molecular complexity index is 662. The summed E-state index contributed by atoms with van der Waals surface area (Å²) < 4.78 is 0. The van der Waals surface area contributed by atoms with Gasteiger partial charge in [0, 0.05) is 36.3 Å². The average Bonchev–Trinajstić information content (AvgIpc) is 3.05. The number of rotatable bonds is 4. The molecule has 1 aliphatic rings. The highest BCUT2D eigenvalue weighted by Gasteiger charge is 2.27. The average molecular weight is 297 g/mol. The minimum absolute atomic E-state index is 0.133. The van der Waals surface area contributed by atoms with E-state index in [0.717, 1.165) is 42.5 Å². The van der Waals surface area contributed by atoms with E-state index in [-0.39, 0.29) is 5.91 Å². The largest absolute Gasteiger partial charge is 0.334 e. The molecule has 1 aromatic heterocycles. The molecule has 0 spiro atoms. The van der Waals surface area contributed by atoms with Gasteiger partial charge in [0.05, 0.1) is 5.52 Å². The molecule has 1 amide bonds. The zero-order chi connectivity index (χ0) is 15.5. The monoisotopic (exact) mass is 297 g/mol. The third-order valence-electron chi connectivity index (χ3n) is 4.15. The van der Waals surface area contributed by atoms with Crippen LogP contribution in [0, 0.1) is 5.92 Å². The molecule has 1 fully saturated rings. The number of nitrogens with zero attached hydrogens (tertiary/aromatic N) is 2. The molecule has 22 heavy (non-hydrogen) atoms. The minimum Gasteiger partial charge on any atom is -0.334 e. The van der Waals surface area contributed by atoms with Crippen LogP contribution in [-0.4, -0.2) is 41.5 Å². The number of fused-ring (bicyclic) bond motifs is 1. The summed E-state index contributed by atoms with van der Waals surface area (Å²) in [5, 5.41) is 4.37. The summed E-state index contributed by atoms with van der Waals surface area (Å²) in [6.45, 7) is 7.01. The van der Waals surface area contributed by atoms with Crippen LogP contribution in [0.15, 0.2) is 36.5 Å². The van der Waals surface area contributed by atoms with Gasteiger partial charge in [0.1, 0.15) is 0 Å². The first-order valence-corrected chi connectivity index (χ1v) is 8.01. The lowest BCUT2D eigenvalue weighted by molar-refractivity contribution is 0.0667. The minimum atomic E-state index is 0.133. The van der Waals surface area contributed by atoms with Gasteiger partial charge in [-0.25, -0.2) is 0 Å². The Balaban J connectivity index is 1.89. The molecule has 0 bridgehead atoms. The summed E-state index contributed by atoms with van der Waals surface area (Å²) in [5.41, 5.74) is 1.69. The van der Waals surface area contributed by atoms with Crippen LogP contribution in [0.1, 0.15) is 30.6 Å². The van der Waals surface area contributed by atoms with Gasteiger partial charge >= 0.3 is 0 Å². The van der Waals surface area contributed by atoms with Crippen molar-refractivity contribution in [1.82, 2.24) is 15.2 Å². The maximum absolute atomic E-state index is 13.0. The van der Waals surface area contributed by atoms with Crippen molar-refractivity contribution in [3.8, 4) is 0 Å². The van der Waals surface area contributed by atoms with Crippen LogP contribution < -0.4 is 5.32 Å². The van der Waals surface area contributed by atoms with Gasteiger partial charge in [0.2, 0.25) is 0 Å². The predicted molar refractivity (Wildman–Crippen MR) is 88.9 cm³/mol. The van der Waals surface area contributed by atoms with Crippen molar-refractivity contribution in [2.75, 3.05) is 19.6 Å². The highest BCUT2D eigenvalue weighted by Crippen LogP contribution is 2.19. The van der Waals surface area contributed by atoms with Gasteiger partial charge in [0.15, 0.2) is 0 Å². The normalized spacial score (nSPS) is 18.0. The molecule has 1 saturated heterocycles. The lowest BCUT2D eigenvalue weighted by Gasteiger charge is -2.30. The molecule has 1 atom stereocenters. The van der Waals surface area contributed by atoms with Crippen molar-refractivity contribution in [2.24, 2.45) is 5.92 Å². The second kappa shape index (κ2) is 6.44. The van der Waals surface area contributed by atoms with E-state index in [1.54, 1.807) is 6.20 Å². The Labute approximate surface area is 131 Å². The van der Waals surface area contributed by atoms with Gasteiger partial charge in [-0.15, -0.1) is 0 Å².